The summed E-state index contributed by atoms with van der Waals surface area (Å²) in [5.74, 6) is -5.15. The topological polar surface area (TPSA) is 217 Å². The highest BCUT2D eigenvalue weighted by Gasteiger charge is 2.33. The minimum atomic E-state index is -1.25. The first-order chi connectivity index (χ1) is 15.8. The Kier molecular flexibility index (Phi) is 11.2. The summed E-state index contributed by atoms with van der Waals surface area (Å²) >= 11 is 0. The van der Waals surface area contributed by atoms with E-state index < -0.39 is 59.7 Å². The van der Waals surface area contributed by atoms with Crippen molar-refractivity contribution in [3.05, 3.63) is 18.2 Å². The lowest BCUT2D eigenvalue weighted by molar-refractivity contribution is -0.142. The molecule has 0 fully saturated rings. The van der Waals surface area contributed by atoms with Crippen molar-refractivity contribution in [1.29, 1.82) is 0 Å². The van der Waals surface area contributed by atoms with Gasteiger partial charge >= 0.3 is 11.9 Å². The van der Waals surface area contributed by atoms with E-state index in [0.717, 1.165) is 0 Å². The number of aromatic nitrogens is 2. The van der Waals surface area contributed by atoms with Gasteiger partial charge in [0.05, 0.1) is 12.4 Å². The van der Waals surface area contributed by atoms with E-state index in [1.54, 1.807) is 27.7 Å². The van der Waals surface area contributed by atoms with Crippen LogP contribution >= 0.6 is 0 Å². The molecule has 1 heterocycles. The lowest BCUT2D eigenvalue weighted by atomic mass is 9.98. The number of hydrogen-bond acceptors (Lipinski definition) is 7. The Morgan fingerprint density at radius 1 is 0.941 bits per heavy atom. The average molecular weight is 483 g/mol. The van der Waals surface area contributed by atoms with Crippen molar-refractivity contribution in [2.75, 3.05) is 0 Å². The molecule has 0 saturated heterocycles. The number of nitrogens with one attached hydrogen (secondary N) is 4. The summed E-state index contributed by atoms with van der Waals surface area (Å²) in [5.41, 5.74) is 6.23. The zero-order chi connectivity index (χ0) is 26.0. The number of amides is 3. The number of rotatable bonds is 14. The molecule has 0 bridgehead atoms. The molecule has 190 valence electrons. The van der Waals surface area contributed by atoms with Crippen LogP contribution in [-0.2, 0) is 30.4 Å². The number of carbonyl (C=O) groups excluding carboxylic acids is 3. The molecule has 0 aliphatic carbocycles. The Morgan fingerprint density at radius 2 is 1.47 bits per heavy atom. The molecule has 0 radical (unpaired) electrons. The fourth-order valence-electron chi connectivity index (χ4n) is 3.06. The van der Waals surface area contributed by atoms with Crippen LogP contribution in [0.5, 0.6) is 0 Å². The van der Waals surface area contributed by atoms with E-state index in [-0.39, 0.29) is 25.2 Å². The van der Waals surface area contributed by atoms with E-state index in [2.05, 4.69) is 25.9 Å². The van der Waals surface area contributed by atoms with E-state index in [9.17, 15) is 29.1 Å². The van der Waals surface area contributed by atoms with Gasteiger partial charge in [-0.1, -0.05) is 27.7 Å². The van der Waals surface area contributed by atoms with Gasteiger partial charge in [-0.15, -0.1) is 0 Å². The number of imidazole rings is 1. The van der Waals surface area contributed by atoms with E-state index in [0.29, 0.717) is 5.69 Å². The smallest absolute Gasteiger partial charge is 0.326 e. The van der Waals surface area contributed by atoms with Crippen molar-refractivity contribution in [2.45, 2.75) is 71.1 Å². The minimum absolute atomic E-state index is 0.0290. The van der Waals surface area contributed by atoms with Gasteiger partial charge in [0.1, 0.15) is 18.1 Å². The Balaban J connectivity index is 2.88. The number of H-pyrrole nitrogens is 1. The van der Waals surface area contributed by atoms with Crippen LogP contribution in [0.1, 0.15) is 46.2 Å². The molecule has 8 N–H and O–H groups in total. The van der Waals surface area contributed by atoms with Crippen molar-refractivity contribution in [2.24, 2.45) is 17.6 Å². The number of hydrogen-bond donors (Lipinski definition) is 7. The first-order valence-corrected chi connectivity index (χ1v) is 10.9. The molecule has 0 spiro atoms. The van der Waals surface area contributed by atoms with Gasteiger partial charge in [-0.25, -0.2) is 9.78 Å². The third kappa shape index (κ3) is 9.17. The standard InChI is InChI=1S/C21H34N6O7/c1-10(2)16(19(31)25-14(21(33)34)7-12-8-23-9-24-12)27-20(32)17(11(3)4)26-18(30)13(22)5-6-15(28)29/h8-11,13-14,16-17H,5-7,22H2,1-4H3,(H,23,24)(H,25,31)(H,26,30)(H,27,32)(H,28,29)(H,33,34). The Hall–Kier alpha value is -3.48. The zero-order valence-electron chi connectivity index (χ0n) is 19.7. The Bertz CT molecular complexity index is 856. The number of carboxylic acid groups (broad SMARTS) is 2. The molecule has 1 aromatic rings. The maximum absolute atomic E-state index is 12.9. The molecule has 0 aromatic carbocycles. The van der Waals surface area contributed by atoms with Gasteiger partial charge < -0.3 is 36.9 Å². The van der Waals surface area contributed by atoms with Crippen molar-refractivity contribution < 1.29 is 34.2 Å². The van der Waals surface area contributed by atoms with Gasteiger partial charge in [-0.05, 0) is 18.3 Å². The number of nitrogens with two attached hydrogens (primary N) is 1. The van der Waals surface area contributed by atoms with Gasteiger partial charge in [0.25, 0.3) is 0 Å². The quantitative estimate of drug-likeness (QED) is 0.173. The van der Waals surface area contributed by atoms with Crippen LogP contribution in [0.15, 0.2) is 12.5 Å². The van der Waals surface area contributed by atoms with Crippen LogP contribution in [0, 0.1) is 11.8 Å². The molecule has 4 unspecified atom stereocenters. The first-order valence-electron chi connectivity index (χ1n) is 10.9. The summed E-state index contributed by atoms with van der Waals surface area (Å²) in [4.78, 5) is 67.0. The second-order valence-corrected chi connectivity index (χ2v) is 8.68. The molecule has 34 heavy (non-hydrogen) atoms. The second-order valence-electron chi connectivity index (χ2n) is 8.68. The molecule has 0 saturated carbocycles. The van der Waals surface area contributed by atoms with Crippen molar-refractivity contribution in [1.82, 2.24) is 25.9 Å². The molecule has 1 aromatic heterocycles. The first kappa shape index (κ1) is 28.6. The lowest BCUT2D eigenvalue weighted by Gasteiger charge is -2.28. The SMILES string of the molecule is CC(C)C(NC(=O)C(N)CCC(=O)O)C(=O)NC(C(=O)NC(Cc1cnc[nH]1)C(=O)O)C(C)C. The van der Waals surface area contributed by atoms with E-state index >= 15 is 0 Å². The number of aromatic amines is 1. The summed E-state index contributed by atoms with van der Waals surface area (Å²) in [7, 11) is 0. The summed E-state index contributed by atoms with van der Waals surface area (Å²) < 4.78 is 0. The van der Waals surface area contributed by atoms with Crippen LogP contribution in [-0.4, -0.2) is 74.0 Å². The average Bonchev–Trinajstić information content (AvgIpc) is 3.25. The summed E-state index contributed by atoms with van der Waals surface area (Å²) in [6.45, 7) is 6.73. The van der Waals surface area contributed by atoms with Crippen LogP contribution in [0.3, 0.4) is 0 Å². The maximum Gasteiger partial charge on any atom is 0.326 e. The zero-order valence-corrected chi connectivity index (χ0v) is 19.7. The number of carboxylic acids is 2. The molecule has 4 atom stereocenters. The van der Waals surface area contributed by atoms with Gasteiger partial charge in [0, 0.05) is 24.7 Å². The van der Waals surface area contributed by atoms with Crippen LogP contribution in [0.25, 0.3) is 0 Å². The number of carbonyl (C=O) groups is 5. The van der Waals surface area contributed by atoms with Gasteiger partial charge in [-0.2, -0.15) is 0 Å². The van der Waals surface area contributed by atoms with Gasteiger partial charge in [-0.3, -0.25) is 19.2 Å². The minimum Gasteiger partial charge on any atom is -0.481 e. The molecular formula is C21H34N6O7. The summed E-state index contributed by atoms with van der Waals surface area (Å²) in [6.07, 6.45) is 2.41. The second kappa shape index (κ2) is 13.3. The third-order valence-corrected chi connectivity index (χ3v) is 5.09. The normalized spacial score (nSPS) is 14.7. The molecule has 13 heteroatoms. The third-order valence-electron chi connectivity index (χ3n) is 5.09. The maximum atomic E-state index is 12.9. The molecule has 3 amide bonds. The monoisotopic (exact) mass is 482 g/mol. The van der Waals surface area contributed by atoms with Crippen LogP contribution < -0.4 is 21.7 Å². The molecule has 1 rings (SSSR count). The van der Waals surface area contributed by atoms with Crippen LogP contribution in [0.4, 0.5) is 0 Å². The lowest BCUT2D eigenvalue weighted by Crippen LogP contribution is -2.59. The fourth-order valence-corrected chi connectivity index (χ4v) is 3.06. The van der Waals surface area contributed by atoms with Crippen molar-refractivity contribution >= 4 is 29.7 Å². The molecule has 13 nitrogen and oxygen atoms in total. The Labute approximate surface area is 197 Å². The van der Waals surface area contributed by atoms with E-state index in [1.807, 2.05) is 0 Å². The van der Waals surface area contributed by atoms with Gasteiger partial charge in [0.15, 0.2) is 0 Å². The molecule has 0 aliphatic rings. The van der Waals surface area contributed by atoms with Crippen molar-refractivity contribution in [3.8, 4) is 0 Å². The number of aliphatic carboxylic acids is 2. The fraction of sp³-hybridized carbons (Fsp3) is 0.619. The predicted octanol–water partition coefficient (Wildman–Crippen LogP) is -1.00. The molecule has 0 aliphatic heterocycles. The summed E-state index contributed by atoms with van der Waals surface area (Å²) in [6, 6.07) is -4.49. The van der Waals surface area contributed by atoms with E-state index in [4.69, 9.17) is 10.8 Å². The Morgan fingerprint density at radius 3 is 1.91 bits per heavy atom. The number of nitrogens with zero attached hydrogens (tertiary/aromatic N) is 1. The predicted molar refractivity (Wildman–Crippen MR) is 120 cm³/mol. The molecular weight excluding hydrogens is 448 g/mol. The largest absolute Gasteiger partial charge is 0.481 e. The van der Waals surface area contributed by atoms with E-state index in [1.165, 1.54) is 12.5 Å². The summed E-state index contributed by atoms with van der Waals surface area (Å²) in [5, 5.41) is 25.7. The highest BCUT2D eigenvalue weighted by molar-refractivity contribution is 5.94. The van der Waals surface area contributed by atoms with Crippen LogP contribution in [0.2, 0.25) is 0 Å². The highest BCUT2D eigenvalue weighted by Crippen LogP contribution is 2.09. The van der Waals surface area contributed by atoms with Gasteiger partial charge in [0.2, 0.25) is 17.7 Å². The highest BCUT2D eigenvalue weighted by atomic mass is 16.4. The van der Waals surface area contributed by atoms with Crippen molar-refractivity contribution in [3.63, 3.8) is 0 Å².